The first-order valence-corrected chi connectivity index (χ1v) is 5.13. The van der Waals surface area contributed by atoms with Gasteiger partial charge < -0.3 is 11.1 Å². The number of rotatable bonds is 3. The van der Waals surface area contributed by atoms with Crippen molar-refractivity contribution in [1.29, 1.82) is 0 Å². The summed E-state index contributed by atoms with van der Waals surface area (Å²) < 4.78 is 73.8. The number of carbonyl (C=O) groups excluding carboxylic acids is 1. The Labute approximate surface area is 112 Å². The fourth-order valence-corrected chi connectivity index (χ4v) is 1.40. The standard InChI is InChI=1S/C8H6F6N4OS/c9-7(10,11)3(8(12,13)14)6(19)17-5-2(4(15)20)1-16-18-5/h1,3H,(H2,15,20)(H2,16,17,18,19). The van der Waals surface area contributed by atoms with Crippen LogP contribution in [0.15, 0.2) is 6.20 Å². The third-order valence-electron chi connectivity index (χ3n) is 2.07. The zero-order valence-electron chi connectivity index (χ0n) is 9.26. The lowest BCUT2D eigenvalue weighted by Gasteiger charge is -2.21. The maximum absolute atomic E-state index is 12.3. The summed E-state index contributed by atoms with van der Waals surface area (Å²) in [5.74, 6) is -7.02. The van der Waals surface area contributed by atoms with Crippen molar-refractivity contribution in [2.24, 2.45) is 11.7 Å². The molecular formula is C8H6F6N4OS. The lowest BCUT2D eigenvalue weighted by atomic mass is 10.1. The van der Waals surface area contributed by atoms with Gasteiger partial charge in [0.05, 0.1) is 11.8 Å². The normalized spacial score (nSPS) is 12.6. The minimum atomic E-state index is -5.79. The van der Waals surface area contributed by atoms with E-state index in [-0.39, 0.29) is 10.6 Å². The molecule has 0 bridgehead atoms. The van der Waals surface area contributed by atoms with Crippen LogP contribution in [0.4, 0.5) is 32.2 Å². The molecule has 4 N–H and O–H groups in total. The number of nitrogens with zero attached hydrogens (tertiary/aromatic N) is 1. The van der Waals surface area contributed by atoms with E-state index in [0.29, 0.717) is 0 Å². The van der Waals surface area contributed by atoms with E-state index in [9.17, 15) is 31.1 Å². The quantitative estimate of drug-likeness (QED) is 0.585. The van der Waals surface area contributed by atoms with Crippen LogP contribution < -0.4 is 11.1 Å². The molecule has 12 heteroatoms. The molecule has 0 saturated heterocycles. The van der Waals surface area contributed by atoms with Crippen LogP contribution in [-0.2, 0) is 4.79 Å². The molecule has 0 saturated carbocycles. The highest BCUT2D eigenvalue weighted by Gasteiger charge is 2.61. The number of hydrogen-bond donors (Lipinski definition) is 3. The molecule has 0 radical (unpaired) electrons. The fourth-order valence-electron chi connectivity index (χ4n) is 1.25. The molecule has 0 fully saturated rings. The van der Waals surface area contributed by atoms with Gasteiger partial charge in [0.15, 0.2) is 0 Å². The van der Waals surface area contributed by atoms with Crippen LogP contribution in [0, 0.1) is 5.92 Å². The van der Waals surface area contributed by atoms with Gasteiger partial charge in [-0.1, -0.05) is 12.2 Å². The zero-order chi connectivity index (χ0) is 15.7. The molecule has 1 rings (SSSR count). The van der Waals surface area contributed by atoms with Crippen LogP contribution in [0.5, 0.6) is 0 Å². The highest BCUT2D eigenvalue weighted by molar-refractivity contribution is 7.80. The van der Waals surface area contributed by atoms with E-state index in [2.05, 4.69) is 17.3 Å². The predicted molar refractivity (Wildman–Crippen MR) is 58.7 cm³/mol. The van der Waals surface area contributed by atoms with Crippen molar-refractivity contribution in [1.82, 2.24) is 10.2 Å². The second-order valence-corrected chi connectivity index (χ2v) is 3.97. The lowest BCUT2D eigenvalue weighted by molar-refractivity contribution is -0.272. The van der Waals surface area contributed by atoms with E-state index in [4.69, 9.17) is 5.73 Å². The molecule has 20 heavy (non-hydrogen) atoms. The van der Waals surface area contributed by atoms with Crippen LogP contribution in [0.25, 0.3) is 0 Å². The van der Waals surface area contributed by atoms with E-state index in [1.807, 2.05) is 5.10 Å². The van der Waals surface area contributed by atoms with Crippen molar-refractivity contribution in [3.8, 4) is 0 Å². The van der Waals surface area contributed by atoms with Gasteiger partial charge in [-0.2, -0.15) is 31.4 Å². The molecule has 1 heterocycles. The van der Waals surface area contributed by atoms with Crippen LogP contribution in [0.1, 0.15) is 5.56 Å². The molecule has 1 aromatic heterocycles. The first-order valence-electron chi connectivity index (χ1n) is 4.72. The average Bonchev–Trinajstić information content (AvgIpc) is 2.60. The molecule has 0 atom stereocenters. The highest BCUT2D eigenvalue weighted by atomic mass is 32.1. The molecule has 1 aromatic rings. The molecule has 112 valence electrons. The van der Waals surface area contributed by atoms with Crippen molar-refractivity contribution in [3.05, 3.63) is 11.8 Å². The van der Waals surface area contributed by atoms with Gasteiger partial charge in [-0.15, -0.1) is 0 Å². The Morgan fingerprint density at radius 1 is 1.30 bits per heavy atom. The zero-order valence-corrected chi connectivity index (χ0v) is 10.1. The molecule has 0 aromatic carbocycles. The number of alkyl halides is 6. The number of aromatic amines is 1. The van der Waals surface area contributed by atoms with Crippen molar-refractivity contribution in [3.63, 3.8) is 0 Å². The fraction of sp³-hybridized carbons (Fsp3) is 0.375. The summed E-state index contributed by atoms with van der Waals surface area (Å²) in [7, 11) is 0. The Morgan fingerprint density at radius 2 is 1.80 bits per heavy atom. The van der Waals surface area contributed by atoms with Crippen molar-refractivity contribution >= 4 is 28.9 Å². The Kier molecular flexibility index (Phi) is 4.27. The topological polar surface area (TPSA) is 83.8 Å². The monoisotopic (exact) mass is 320 g/mol. The second kappa shape index (κ2) is 5.26. The third-order valence-corrected chi connectivity index (χ3v) is 2.29. The Hall–Kier alpha value is -1.85. The highest BCUT2D eigenvalue weighted by Crippen LogP contribution is 2.39. The van der Waals surface area contributed by atoms with Crippen molar-refractivity contribution in [2.45, 2.75) is 12.4 Å². The Balaban J connectivity index is 3.04. The first-order chi connectivity index (χ1) is 8.94. The lowest BCUT2D eigenvalue weighted by Crippen LogP contribution is -2.45. The number of halogens is 6. The summed E-state index contributed by atoms with van der Waals surface area (Å²) >= 11 is 4.49. The molecule has 0 spiro atoms. The minimum absolute atomic E-state index is 0.184. The van der Waals surface area contributed by atoms with Crippen LogP contribution in [0.2, 0.25) is 0 Å². The maximum atomic E-state index is 12.3. The summed E-state index contributed by atoms with van der Waals surface area (Å²) in [6.45, 7) is 0. The van der Waals surface area contributed by atoms with E-state index in [1.165, 1.54) is 5.32 Å². The summed E-state index contributed by atoms with van der Waals surface area (Å²) in [5.41, 5.74) is 4.97. The van der Waals surface area contributed by atoms with E-state index >= 15 is 0 Å². The van der Waals surface area contributed by atoms with Gasteiger partial charge in [-0.3, -0.25) is 9.89 Å². The molecule has 5 nitrogen and oxygen atoms in total. The molecule has 0 aliphatic carbocycles. The van der Waals surface area contributed by atoms with Gasteiger partial charge in [0, 0.05) is 0 Å². The number of carbonyl (C=O) groups is 1. The summed E-state index contributed by atoms with van der Waals surface area (Å²) in [5, 5.41) is 6.72. The van der Waals surface area contributed by atoms with Gasteiger partial charge in [-0.25, -0.2) is 0 Å². The largest absolute Gasteiger partial charge is 0.409 e. The molecule has 0 aliphatic heterocycles. The number of H-pyrrole nitrogens is 1. The van der Waals surface area contributed by atoms with Gasteiger partial charge in [-0.05, 0) is 0 Å². The summed E-state index contributed by atoms with van der Waals surface area (Å²) in [6, 6.07) is 0. The van der Waals surface area contributed by atoms with E-state index in [1.54, 1.807) is 0 Å². The maximum Gasteiger partial charge on any atom is 0.409 e. The number of amides is 1. The van der Waals surface area contributed by atoms with Gasteiger partial charge >= 0.3 is 12.4 Å². The number of thiocarbonyl (C=S) groups is 1. The summed E-state index contributed by atoms with van der Waals surface area (Å²) in [6.07, 6.45) is -10.6. The van der Waals surface area contributed by atoms with Crippen molar-refractivity contribution in [2.75, 3.05) is 5.32 Å². The predicted octanol–water partition coefficient (Wildman–Crippen LogP) is 1.72. The minimum Gasteiger partial charge on any atom is -0.389 e. The number of nitrogens with two attached hydrogens (primary N) is 1. The van der Waals surface area contributed by atoms with Gasteiger partial charge in [0.1, 0.15) is 10.8 Å². The van der Waals surface area contributed by atoms with E-state index in [0.717, 1.165) is 6.20 Å². The van der Waals surface area contributed by atoms with Crippen molar-refractivity contribution < 1.29 is 31.1 Å². The Bertz CT molecular complexity index is 508. The van der Waals surface area contributed by atoms with Crippen LogP contribution in [-0.4, -0.2) is 33.4 Å². The molecule has 1 amide bonds. The smallest absolute Gasteiger partial charge is 0.389 e. The Morgan fingerprint density at radius 3 is 2.20 bits per heavy atom. The van der Waals surface area contributed by atoms with E-state index < -0.39 is 30.0 Å². The number of nitrogens with one attached hydrogen (secondary N) is 2. The third kappa shape index (κ3) is 3.59. The number of hydrogen-bond acceptors (Lipinski definition) is 3. The van der Waals surface area contributed by atoms with Gasteiger partial charge in [0.2, 0.25) is 11.8 Å². The van der Waals surface area contributed by atoms with Gasteiger partial charge in [0.25, 0.3) is 0 Å². The second-order valence-electron chi connectivity index (χ2n) is 3.53. The molecule has 0 unspecified atom stereocenters. The SMILES string of the molecule is NC(=S)c1cn[nH]c1NC(=O)C(C(F)(F)F)C(F)(F)F. The number of aromatic nitrogens is 2. The first kappa shape index (κ1) is 16.2. The van der Waals surface area contributed by atoms with Crippen LogP contribution in [0.3, 0.4) is 0 Å². The summed E-state index contributed by atoms with van der Waals surface area (Å²) in [4.78, 5) is 10.8. The molecular weight excluding hydrogens is 314 g/mol. The molecule has 0 aliphatic rings. The average molecular weight is 320 g/mol. The van der Waals surface area contributed by atoms with Crippen LogP contribution >= 0.6 is 12.2 Å². The number of anilines is 1.